The zero-order valence-electron chi connectivity index (χ0n) is 10.00. The van der Waals surface area contributed by atoms with Gasteiger partial charge in [0.15, 0.2) is 0 Å². The number of anilines is 1. The molecule has 2 N–H and O–H groups in total. The Balaban J connectivity index is 2.91. The summed E-state index contributed by atoms with van der Waals surface area (Å²) in [5.74, 6) is -1.04. The Morgan fingerprint density at radius 1 is 1.28 bits per heavy atom. The van der Waals surface area contributed by atoms with Crippen LogP contribution in [0.15, 0.2) is 24.3 Å². The third-order valence-electron chi connectivity index (χ3n) is 2.24. The predicted molar refractivity (Wildman–Crippen MR) is 64.9 cm³/mol. The molecule has 0 radical (unpaired) electrons. The molecule has 0 aromatic heterocycles. The second-order valence-electron chi connectivity index (χ2n) is 3.43. The Morgan fingerprint density at radius 2 is 1.89 bits per heavy atom. The summed E-state index contributed by atoms with van der Waals surface area (Å²) in [5.41, 5.74) is 0.610. The third kappa shape index (κ3) is 3.46. The van der Waals surface area contributed by atoms with Crippen LogP contribution in [0, 0.1) is 0 Å². The van der Waals surface area contributed by atoms with Crippen LogP contribution in [-0.4, -0.2) is 42.0 Å². The minimum absolute atomic E-state index is 0.0885. The minimum Gasteiger partial charge on any atom is -0.478 e. The van der Waals surface area contributed by atoms with E-state index in [-0.39, 0.29) is 25.3 Å². The number of benzene rings is 1. The highest BCUT2D eigenvalue weighted by Gasteiger charge is 2.16. The van der Waals surface area contributed by atoms with Gasteiger partial charge in [-0.3, -0.25) is 4.90 Å². The molecular formula is C12H15NO5. The molecule has 6 nitrogen and oxygen atoms in total. The van der Waals surface area contributed by atoms with E-state index in [0.717, 1.165) is 0 Å². The molecule has 1 aromatic carbocycles. The van der Waals surface area contributed by atoms with Crippen LogP contribution in [-0.2, 0) is 4.74 Å². The van der Waals surface area contributed by atoms with Crippen LogP contribution in [0.5, 0.6) is 0 Å². The van der Waals surface area contributed by atoms with E-state index < -0.39 is 12.1 Å². The third-order valence-corrected chi connectivity index (χ3v) is 2.24. The molecule has 0 saturated carbocycles. The second kappa shape index (κ2) is 6.61. The van der Waals surface area contributed by atoms with Gasteiger partial charge in [-0.1, -0.05) is 0 Å². The molecule has 98 valence electrons. The zero-order chi connectivity index (χ0) is 13.5. The minimum atomic E-state index is -1.04. The quantitative estimate of drug-likeness (QED) is 0.826. The van der Waals surface area contributed by atoms with Gasteiger partial charge in [-0.15, -0.1) is 0 Å². The molecule has 0 atom stereocenters. The fourth-order valence-electron chi connectivity index (χ4n) is 1.41. The first kappa shape index (κ1) is 14.0. The molecule has 0 spiro atoms. The van der Waals surface area contributed by atoms with Crippen LogP contribution < -0.4 is 4.90 Å². The van der Waals surface area contributed by atoms with Gasteiger partial charge in [0.2, 0.25) is 0 Å². The normalized spacial score (nSPS) is 9.89. The lowest BCUT2D eigenvalue weighted by Crippen LogP contribution is -2.34. The van der Waals surface area contributed by atoms with Gasteiger partial charge in [0, 0.05) is 5.69 Å². The Kier molecular flexibility index (Phi) is 5.13. The Bertz CT molecular complexity index is 415. The summed E-state index contributed by atoms with van der Waals surface area (Å²) >= 11 is 0. The fraction of sp³-hybridized carbons (Fsp3) is 0.333. The van der Waals surface area contributed by atoms with E-state index in [4.69, 9.17) is 14.9 Å². The number of carboxylic acids is 1. The van der Waals surface area contributed by atoms with Crippen molar-refractivity contribution in [2.24, 2.45) is 0 Å². The van der Waals surface area contributed by atoms with Crippen molar-refractivity contribution in [3.63, 3.8) is 0 Å². The number of aromatic carboxylic acids is 1. The second-order valence-corrected chi connectivity index (χ2v) is 3.43. The van der Waals surface area contributed by atoms with Gasteiger partial charge >= 0.3 is 12.1 Å². The summed E-state index contributed by atoms with van der Waals surface area (Å²) in [5, 5.41) is 17.7. The highest BCUT2D eigenvalue weighted by Crippen LogP contribution is 2.16. The van der Waals surface area contributed by atoms with Crippen molar-refractivity contribution in [3.8, 4) is 0 Å². The number of amides is 1. The number of aliphatic hydroxyl groups is 1. The summed E-state index contributed by atoms with van der Waals surface area (Å²) in [6.07, 6.45) is -0.574. The zero-order valence-corrected chi connectivity index (χ0v) is 10.00. The lowest BCUT2D eigenvalue weighted by molar-refractivity contribution is 0.0697. The fourth-order valence-corrected chi connectivity index (χ4v) is 1.41. The van der Waals surface area contributed by atoms with Gasteiger partial charge < -0.3 is 14.9 Å². The van der Waals surface area contributed by atoms with E-state index in [1.54, 1.807) is 6.92 Å². The van der Waals surface area contributed by atoms with Gasteiger partial charge in [0.1, 0.15) is 0 Å². The Morgan fingerprint density at radius 3 is 2.33 bits per heavy atom. The first-order valence-corrected chi connectivity index (χ1v) is 5.48. The standard InChI is InChI=1S/C12H15NO5/c1-2-18-12(17)13(7-8-14)10-5-3-9(4-6-10)11(15)16/h3-6,14H,2,7-8H2,1H3,(H,15,16). The van der Waals surface area contributed by atoms with Crippen molar-refractivity contribution in [1.82, 2.24) is 0 Å². The molecule has 1 aromatic rings. The van der Waals surface area contributed by atoms with E-state index in [2.05, 4.69) is 0 Å². The molecule has 0 aliphatic carbocycles. The average molecular weight is 253 g/mol. The number of hydrogen-bond donors (Lipinski definition) is 2. The summed E-state index contributed by atoms with van der Waals surface area (Å²) < 4.78 is 4.85. The number of nitrogens with zero attached hydrogens (tertiary/aromatic N) is 1. The number of carbonyl (C=O) groups excluding carboxylic acids is 1. The average Bonchev–Trinajstić information content (AvgIpc) is 2.36. The van der Waals surface area contributed by atoms with Crippen LogP contribution in [0.1, 0.15) is 17.3 Å². The van der Waals surface area contributed by atoms with Crippen LogP contribution in [0.25, 0.3) is 0 Å². The van der Waals surface area contributed by atoms with Crippen molar-refractivity contribution in [1.29, 1.82) is 0 Å². The summed E-state index contributed by atoms with van der Waals surface area (Å²) in [6, 6.07) is 5.77. The van der Waals surface area contributed by atoms with Crippen molar-refractivity contribution < 1.29 is 24.5 Å². The molecule has 6 heteroatoms. The topological polar surface area (TPSA) is 87.1 Å². The Hall–Kier alpha value is -2.08. The van der Waals surface area contributed by atoms with Crippen molar-refractivity contribution >= 4 is 17.7 Å². The van der Waals surface area contributed by atoms with Gasteiger partial charge in [0.05, 0.1) is 25.3 Å². The van der Waals surface area contributed by atoms with Crippen molar-refractivity contribution in [2.45, 2.75) is 6.92 Å². The molecule has 0 fully saturated rings. The van der Waals surface area contributed by atoms with E-state index in [1.165, 1.54) is 29.2 Å². The number of carbonyl (C=O) groups is 2. The van der Waals surface area contributed by atoms with Crippen LogP contribution >= 0.6 is 0 Å². The SMILES string of the molecule is CCOC(=O)N(CCO)c1ccc(C(=O)O)cc1. The smallest absolute Gasteiger partial charge is 0.414 e. The molecule has 0 aliphatic rings. The lowest BCUT2D eigenvalue weighted by atomic mass is 10.2. The molecule has 1 amide bonds. The van der Waals surface area contributed by atoms with E-state index in [9.17, 15) is 9.59 Å². The van der Waals surface area contributed by atoms with E-state index in [1.807, 2.05) is 0 Å². The highest BCUT2D eigenvalue weighted by molar-refractivity contribution is 5.90. The summed E-state index contributed by atoms with van der Waals surface area (Å²) in [6.45, 7) is 1.79. The van der Waals surface area contributed by atoms with Crippen LogP contribution in [0.3, 0.4) is 0 Å². The molecule has 0 heterocycles. The monoisotopic (exact) mass is 253 g/mol. The van der Waals surface area contributed by atoms with Crippen molar-refractivity contribution in [3.05, 3.63) is 29.8 Å². The van der Waals surface area contributed by atoms with E-state index >= 15 is 0 Å². The first-order valence-electron chi connectivity index (χ1n) is 5.48. The van der Waals surface area contributed by atoms with Gasteiger partial charge in [-0.05, 0) is 31.2 Å². The van der Waals surface area contributed by atoms with Crippen molar-refractivity contribution in [2.75, 3.05) is 24.7 Å². The number of hydrogen-bond acceptors (Lipinski definition) is 4. The largest absolute Gasteiger partial charge is 0.478 e. The molecule has 0 bridgehead atoms. The molecule has 1 rings (SSSR count). The number of rotatable bonds is 5. The number of carboxylic acid groups (broad SMARTS) is 1. The first-order chi connectivity index (χ1) is 8.60. The Labute approximate surface area is 104 Å². The number of aliphatic hydroxyl groups excluding tert-OH is 1. The van der Waals surface area contributed by atoms with E-state index in [0.29, 0.717) is 5.69 Å². The lowest BCUT2D eigenvalue weighted by Gasteiger charge is -2.20. The molecule has 0 saturated heterocycles. The predicted octanol–water partition coefficient (Wildman–Crippen LogP) is 1.34. The highest BCUT2D eigenvalue weighted by atomic mass is 16.6. The maximum absolute atomic E-state index is 11.6. The molecule has 18 heavy (non-hydrogen) atoms. The number of ether oxygens (including phenoxy) is 1. The maximum atomic E-state index is 11.6. The van der Waals surface area contributed by atoms with Gasteiger partial charge in [0.25, 0.3) is 0 Å². The van der Waals surface area contributed by atoms with Gasteiger partial charge in [-0.2, -0.15) is 0 Å². The molecule has 0 aliphatic heterocycles. The van der Waals surface area contributed by atoms with Gasteiger partial charge in [-0.25, -0.2) is 9.59 Å². The molecule has 0 unspecified atom stereocenters. The summed E-state index contributed by atoms with van der Waals surface area (Å²) in [7, 11) is 0. The summed E-state index contributed by atoms with van der Waals surface area (Å²) in [4.78, 5) is 23.6. The maximum Gasteiger partial charge on any atom is 0.414 e. The van der Waals surface area contributed by atoms with Crippen LogP contribution in [0.2, 0.25) is 0 Å². The van der Waals surface area contributed by atoms with Crippen LogP contribution in [0.4, 0.5) is 10.5 Å². The molecular weight excluding hydrogens is 238 g/mol.